The third-order valence-electron chi connectivity index (χ3n) is 5.30. The Bertz CT molecular complexity index is 1190. The third-order valence-corrected chi connectivity index (χ3v) is 6.21. The molecule has 1 saturated carbocycles. The lowest BCUT2D eigenvalue weighted by Gasteiger charge is -2.09. The second-order valence-electron chi connectivity index (χ2n) is 7.68. The van der Waals surface area contributed by atoms with Crippen molar-refractivity contribution in [2.45, 2.75) is 32.7 Å². The third kappa shape index (κ3) is 4.26. The van der Waals surface area contributed by atoms with Crippen LogP contribution in [0.25, 0.3) is 10.9 Å². The van der Waals surface area contributed by atoms with Crippen LogP contribution in [0, 0.1) is 19.8 Å². The number of hydrogen-bond donors (Lipinski definition) is 1. The number of ether oxygens (including phenoxy) is 1. The molecule has 1 fully saturated rings. The lowest BCUT2D eigenvalue weighted by molar-refractivity contribution is 0.284. The van der Waals surface area contributed by atoms with Gasteiger partial charge in [-0.1, -0.05) is 24.3 Å². The topological polar surface area (TPSA) is 72.8 Å². The number of hydrogen-bond acceptors (Lipinski definition) is 7. The first-order valence-electron chi connectivity index (χ1n) is 10.1. The standard InChI is InChI=1S/C23H23N5OS/c1-14-26-22(25-12-18-11-24-15(2)30-18)10-23(27-14)29-13-17-9-19(17)21-8-7-16-5-3-4-6-20(16)28-21/h3-8,10-11,17,19H,9,12-13H2,1-2H3,(H,25,26,27)/t17-,19+/m1/s1. The highest BCUT2D eigenvalue weighted by Gasteiger charge is 2.40. The molecular weight excluding hydrogens is 394 g/mol. The van der Waals surface area contributed by atoms with E-state index in [1.807, 2.05) is 38.2 Å². The Hall–Kier alpha value is -3.06. The van der Waals surface area contributed by atoms with Gasteiger partial charge in [0, 0.05) is 40.1 Å². The van der Waals surface area contributed by atoms with Gasteiger partial charge in [0.1, 0.15) is 11.6 Å². The summed E-state index contributed by atoms with van der Waals surface area (Å²) in [6, 6.07) is 14.4. The molecule has 3 heterocycles. The summed E-state index contributed by atoms with van der Waals surface area (Å²) in [5.74, 6) is 3.02. The first kappa shape index (κ1) is 18.9. The monoisotopic (exact) mass is 417 g/mol. The predicted molar refractivity (Wildman–Crippen MR) is 119 cm³/mol. The van der Waals surface area contributed by atoms with Gasteiger partial charge in [-0.25, -0.2) is 9.97 Å². The molecule has 5 rings (SSSR count). The minimum atomic E-state index is 0.463. The second-order valence-corrected chi connectivity index (χ2v) is 9.00. The van der Waals surface area contributed by atoms with Crippen molar-refractivity contribution in [1.29, 1.82) is 0 Å². The number of anilines is 1. The van der Waals surface area contributed by atoms with E-state index in [1.165, 1.54) is 10.3 Å². The van der Waals surface area contributed by atoms with Crippen LogP contribution in [0.4, 0.5) is 5.82 Å². The van der Waals surface area contributed by atoms with Crippen LogP contribution in [-0.4, -0.2) is 26.5 Å². The molecule has 1 N–H and O–H groups in total. The highest BCUT2D eigenvalue weighted by Crippen LogP contribution is 2.47. The largest absolute Gasteiger partial charge is 0.477 e. The molecule has 1 aliphatic carbocycles. The average Bonchev–Trinajstić information content (AvgIpc) is 3.42. The number of benzene rings is 1. The predicted octanol–water partition coefficient (Wildman–Crippen LogP) is 4.89. The van der Waals surface area contributed by atoms with Crippen LogP contribution >= 0.6 is 11.3 Å². The fraction of sp³-hybridized carbons (Fsp3) is 0.304. The Kier molecular flexibility index (Phi) is 5.04. The highest BCUT2D eigenvalue weighted by molar-refractivity contribution is 7.11. The summed E-state index contributed by atoms with van der Waals surface area (Å²) in [6.45, 7) is 5.23. The maximum Gasteiger partial charge on any atom is 0.218 e. The summed E-state index contributed by atoms with van der Waals surface area (Å²) in [7, 11) is 0. The van der Waals surface area contributed by atoms with Gasteiger partial charge >= 0.3 is 0 Å². The van der Waals surface area contributed by atoms with Crippen LogP contribution in [0.1, 0.15) is 33.7 Å². The molecule has 152 valence electrons. The van der Waals surface area contributed by atoms with Crippen molar-refractivity contribution < 1.29 is 4.74 Å². The number of thiazole rings is 1. The summed E-state index contributed by atoms with van der Waals surface area (Å²) in [5, 5.41) is 5.58. The van der Waals surface area contributed by atoms with Crippen LogP contribution in [-0.2, 0) is 6.54 Å². The summed E-state index contributed by atoms with van der Waals surface area (Å²) in [6.07, 6.45) is 3.00. The molecule has 0 spiro atoms. The van der Waals surface area contributed by atoms with Gasteiger partial charge in [0.25, 0.3) is 0 Å². The normalized spacial score (nSPS) is 17.8. The van der Waals surface area contributed by atoms with E-state index < -0.39 is 0 Å². The quantitative estimate of drug-likeness (QED) is 0.461. The molecule has 4 aromatic rings. The van der Waals surface area contributed by atoms with Crippen molar-refractivity contribution in [2.75, 3.05) is 11.9 Å². The number of aryl methyl sites for hydroxylation is 2. The number of nitrogens with zero attached hydrogens (tertiary/aromatic N) is 4. The first-order valence-corrected chi connectivity index (χ1v) is 10.9. The van der Waals surface area contributed by atoms with Crippen molar-refractivity contribution in [2.24, 2.45) is 5.92 Å². The molecule has 7 heteroatoms. The van der Waals surface area contributed by atoms with Crippen molar-refractivity contribution in [3.05, 3.63) is 70.1 Å². The Morgan fingerprint density at radius 1 is 1.10 bits per heavy atom. The van der Waals surface area contributed by atoms with Gasteiger partial charge in [-0.15, -0.1) is 11.3 Å². The van der Waals surface area contributed by atoms with Crippen molar-refractivity contribution in [1.82, 2.24) is 19.9 Å². The SMILES string of the molecule is Cc1nc(NCc2cnc(C)s2)cc(OC[C@H]2C[C@@H]2c2ccc3ccccc3n2)n1. The Morgan fingerprint density at radius 2 is 2.00 bits per heavy atom. The molecule has 0 bridgehead atoms. The van der Waals surface area contributed by atoms with E-state index in [-0.39, 0.29) is 0 Å². The van der Waals surface area contributed by atoms with Gasteiger partial charge < -0.3 is 10.1 Å². The van der Waals surface area contributed by atoms with Crippen molar-refractivity contribution >= 4 is 28.1 Å². The van der Waals surface area contributed by atoms with Gasteiger partial charge in [-0.05, 0) is 32.4 Å². The lowest BCUT2D eigenvalue weighted by Crippen LogP contribution is -2.07. The van der Waals surface area contributed by atoms with E-state index in [1.54, 1.807) is 11.3 Å². The molecule has 1 aliphatic rings. The zero-order chi connectivity index (χ0) is 20.5. The van der Waals surface area contributed by atoms with Crippen LogP contribution in [0.15, 0.2) is 48.7 Å². The first-order chi connectivity index (χ1) is 14.6. The number of rotatable bonds is 7. The molecule has 2 atom stereocenters. The molecule has 0 unspecified atom stereocenters. The van der Waals surface area contributed by atoms with Gasteiger partial charge in [0.05, 0.1) is 23.7 Å². The summed E-state index contributed by atoms with van der Waals surface area (Å²) < 4.78 is 6.02. The van der Waals surface area contributed by atoms with E-state index in [4.69, 9.17) is 9.72 Å². The van der Waals surface area contributed by atoms with Crippen LogP contribution in [0.3, 0.4) is 0 Å². The summed E-state index contributed by atoms with van der Waals surface area (Å²) in [4.78, 5) is 19.2. The molecule has 0 aliphatic heterocycles. The Balaban J connectivity index is 1.19. The molecule has 0 radical (unpaired) electrons. The fourth-order valence-electron chi connectivity index (χ4n) is 3.64. The fourth-order valence-corrected chi connectivity index (χ4v) is 4.38. The van der Waals surface area contributed by atoms with Crippen LogP contribution in [0.2, 0.25) is 0 Å². The van der Waals surface area contributed by atoms with E-state index in [9.17, 15) is 0 Å². The second kappa shape index (κ2) is 7.99. The zero-order valence-electron chi connectivity index (χ0n) is 17.0. The smallest absolute Gasteiger partial charge is 0.218 e. The summed E-state index contributed by atoms with van der Waals surface area (Å²) >= 11 is 1.68. The molecule has 6 nitrogen and oxygen atoms in total. The number of para-hydroxylation sites is 1. The van der Waals surface area contributed by atoms with E-state index in [2.05, 4.69) is 44.5 Å². The number of aromatic nitrogens is 4. The Labute approximate surface area is 179 Å². The molecule has 0 saturated heterocycles. The lowest BCUT2D eigenvalue weighted by atomic mass is 10.1. The van der Waals surface area contributed by atoms with E-state index in [0.29, 0.717) is 36.7 Å². The molecule has 0 amide bonds. The maximum absolute atomic E-state index is 6.02. The van der Waals surface area contributed by atoms with Gasteiger partial charge in [-0.3, -0.25) is 4.98 Å². The molecule has 30 heavy (non-hydrogen) atoms. The van der Waals surface area contributed by atoms with Gasteiger partial charge in [-0.2, -0.15) is 4.98 Å². The molecule has 3 aromatic heterocycles. The van der Waals surface area contributed by atoms with Crippen LogP contribution < -0.4 is 10.1 Å². The minimum Gasteiger partial charge on any atom is -0.477 e. The summed E-state index contributed by atoms with van der Waals surface area (Å²) in [5.41, 5.74) is 2.21. The van der Waals surface area contributed by atoms with Crippen LogP contribution in [0.5, 0.6) is 5.88 Å². The van der Waals surface area contributed by atoms with Gasteiger partial charge in [0.2, 0.25) is 5.88 Å². The highest BCUT2D eigenvalue weighted by atomic mass is 32.1. The average molecular weight is 418 g/mol. The van der Waals surface area contributed by atoms with Crippen molar-refractivity contribution in [3.8, 4) is 5.88 Å². The number of nitrogens with one attached hydrogen (secondary N) is 1. The molecule has 1 aromatic carbocycles. The van der Waals surface area contributed by atoms with E-state index in [0.717, 1.165) is 28.5 Å². The van der Waals surface area contributed by atoms with Crippen molar-refractivity contribution in [3.63, 3.8) is 0 Å². The van der Waals surface area contributed by atoms with E-state index >= 15 is 0 Å². The zero-order valence-corrected chi connectivity index (χ0v) is 17.8. The molecular formula is C23H23N5OS. The maximum atomic E-state index is 6.02. The van der Waals surface area contributed by atoms with Gasteiger partial charge in [0.15, 0.2) is 0 Å². The Morgan fingerprint density at radius 3 is 2.87 bits per heavy atom. The minimum absolute atomic E-state index is 0.463. The number of fused-ring (bicyclic) bond motifs is 1. The number of pyridine rings is 1.